The van der Waals surface area contributed by atoms with E-state index >= 15 is 0 Å². The van der Waals surface area contributed by atoms with Crippen LogP contribution in [-0.2, 0) is 10.1 Å². The van der Waals surface area contributed by atoms with Crippen LogP contribution in [0, 0.1) is 0 Å². The number of nitrogens with zero attached hydrogens (tertiary/aromatic N) is 1. The van der Waals surface area contributed by atoms with E-state index in [9.17, 15) is 18.6 Å². The lowest BCUT2D eigenvalue weighted by Crippen LogP contribution is -2.37. The second-order valence-electron chi connectivity index (χ2n) is 3.69. The summed E-state index contributed by atoms with van der Waals surface area (Å²) in [5, 5.41) is 18.6. The lowest BCUT2D eigenvalue weighted by Gasteiger charge is -2.21. The summed E-state index contributed by atoms with van der Waals surface area (Å²) in [6, 6.07) is 0. The van der Waals surface area contributed by atoms with Gasteiger partial charge in [-0.05, 0) is 13.5 Å². The van der Waals surface area contributed by atoms with Crippen LogP contribution in [0.15, 0.2) is 0 Å². The summed E-state index contributed by atoms with van der Waals surface area (Å²) in [6.07, 6.45) is -1.04. The first-order valence-electron chi connectivity index (χ1n) is 4.74. The van der Waals surface area contributed by atoms with Gasteiger partial charge in [0.05, 0.1) is 12.2 Å². The Balaban J connectivity index is 3.91. The van der Waals surface area contributed by atoms with Crippen molar-refractivity contribution in [2.45, 2.75) is 25.6 Å². The molecule has 2 atom stereocenters. The van der Waals surface area contributed by atoms with Gasteiger partial charge in [0.2, 0.25) is 0 Å². The highest BCUT2D eigenvalue weighted by Gasteiger charge is 2.16. The minimum absolute atomic E-state index is 0.0941. The maximum atomic E-state index is 10.4. The van der Waals surface area contributed by atoms with Gasteiger partial charge in [-0.1, -0.05) is 6.92 Å². The van der Waals surface area contributed by atoms with E-state index in [1.54, 1.807) is 11.9 Å². The van der Waals surface area contributed by atoms with Crippen LogP contribution < -0.4 is 0 Å². The minimum atomic E-state index is -4.14. The number of aliphatic hydroxyl groups excluding tert-OH is 2. The molecular weight excluding hydrogens is 222 g/mol. The van der Waals surface area contributed by atoms with Crippen LogP contribution >= 0.6 is 0 Å². The molecule has 7 heteroatoms. The van der Waals surface area contributed by atoms with Gasteiger partial charge < -0.3 is 15.1 Å². The third-order valence-corrected chi connectivity index (χ3v) is 2.73. The van der Waals surface area contributed by atoms with Gasteiger partial charge in [-0.2, -0.15) is 8.42 Å². The summed E-state index contributed by atoms with van der Waals surface area (Å²) in [5.41, 5.74) is 0. The molecule has 0 aromatic rings. The molecule has 6 nitrogen and oxygen atoms in total. The first-order chi connectivity index (χ1) is 6.74. The average Bonchev–Trinajstić information content (AvgIpc) is 1.99. The average molecular weight is 241 g/mol. The monoisotopic (exact) mass is 241 g/mol. The van der Waals surface area contributed by atoms with Crippen molar-refractivity contribution < 1.29 is 23.2 Å². The first-order valence-corrected chi connectivity index (χ1v) is 6.35. The number of likely N-dealkylation sites (N-methyl/N-ethyl adjacent to an activating group) is 1. The molecule has 0 radical (unpaired) electrons. The molecule has 0 aromatic carbocycles. The highest BCUT2D eigenvalue weighted by Crippen LogP contribution is 1.97. The van der Waals surface area contributed by atoms with Gasteiger partial charge in [0.25, 0.3) is 10.1 Å². The number of aliphatic hydroxyl groups is 2. The molecule has 15 heavy (non-hydrogen) atoms. The fraction of sp³-hybridized carbons (Fsp3) is 1.00. The van der Waals surface area contributed by atoms with E-state index in [1.165, 1.54) is 0 Å². The summed E-state index contributed by atoms with van der Waals surface area (Å²) in [5.74, 6) is -0.681. The third-order valence-electron chi connectivity index (χ3n) is 1.92. The van der Waals surface area contributed by atoms with Crippen LogP contribution in [0.5, 0.6) is 0 Å². The Morgan fingerprint density at radius 1 is 1.20 bits per heavy atom. The molecular formula is C8H19NO5S. The first kappa shape index (κ1) is 14.8. The molecule has 0 aromatic heterocycles. The van der Waals surface area contributed by atoms with Crippen LogP contribution in [-0.4, -0.2) is 66.2 Å². The standard InChI is InChI=1S/C8H19NO5S/c1-3-7(10)4-9(2)5-8(11)6-15(12,13)14/h7-8,10-11H,3-6H2,1-2H3,(H,12,13,14). The Hall–Kier alpha value is -0.210. The normalized spacial score (nSPS) is 16.7. The van der Waals surface area contributed by atoms with Gasteiger partial charge in [0, 0.05) is 13.1 Å². The van der Waals surface area contributed by atoms with Crippen molar-refractivity contribution in [1.82, 2.24) is 4.90 Å². The van der Waals surface area contributed by atoms with Crippen molar-refractivity contribution in [3.8, 4) is 0 Å². The summed E-state index contributed by atoms with van der Waals surface area (Å²) in [7, 11) is -2.48. The van der Waals surface area contributed by atoms with Crippen LogP contribution in [0.1, 0.15) is 13.3 Å². The zero-order valence-corrected chi connectivity index (χ0v) is 9.81. The van der Waals surface area contributed by atoms with Crippen LogP contribution in [0.25, 0.3) is 0 Å². The molecule has 92 valence electrons. The molecule has 0 aliphatic heterocycles. The summed E-state index contributed by atoms with van der Waals surface area (Å²) >= 11 is 0. The Morgan fingerprint density at radius 3 is 2.07 bits per heavy atom. The van der Waals surface area contributed by atoms with Gasteiger partial charge in [0.15, 0.2) is 0 Å². The molecule has 0 saturated carbocycles. The van der Waals surface area contributed by atoms with Gasteiger partial charge >= 0.3 is 0 Å². The number of hydrogen-bond acceptors (Lipinski definition) is 5. The van der Waals surface area contributed by atoms with Gasteiger partial charge in [-0.25, -0.2) is 0 Å². The van der Waals surface area contributed by atoms with Crippen molar-refractivity contribution in [3.63, 3.8) is 0 Å². The zero-order chi connectivity index (χ0) is 12.1. The number of hydrogen-bond donors (Lipinski definition) is 3. The summed E-state index contributed by atoms with van der Waals surface area (Å²) in [4.78, 5) is 1.62. The molecule has 0 fully saturated rings. The predicted molar refractivity (Wildman–Crippen MR) is 56.2 cm³/mol. The molecule has 0 spiro atoms. The molecule has 2 unspecified atom stereocenters. The van der Waals surface area contributed by atoms with E-state index in [0.717, 1.165) is 0 Å². The fourth-order valence-corrected chi connectivity index (χ4v) is 1.81. The van der Waals surface area contributed by atoms with Crippen LogP contribution in [0.3, 0.4) is 0 Å². The Morgan fingerprint density at radius 2 is 1.67 bits per heavy atom. The van der Waals surface area contributed by atoms with E-state index in [4.69, 9.17) is 4.55 Å². The molecule has 0 aliphatic carbocycles. The van der Waals surface area contributed by atoms with Crippen molar-refractivity contribution >= 4 is 10.1 Å². The summed E-state index contributed by atoms with van der Waals surface area (Å²) < 4.78 is 29.3. The molecule has 0 rings (SSSR count). The molecule has 0 saturated heterocycles. The lowest BCUT2D eigenvalue weighted by atomic mass is 10.2. The van der Waals surface area contributed by atoms with Gasteiger partial charge in [0.1, 0.15) is 5.75 Å². The van der Waals surface area contributed by atoms with Crippen molar-refractivity contribution in [1.29, 1.82) is 0 Å². The second kappa shape index (κ2) is 6.39. The Kier molecular flexibility index (Phi) is 6.30. The van der Waals surface area contributed by atoms with E-state index in [-0.39, 0.29) is 6.54 Å². The van der Waals surface area contributed by atoms with E-state index in [2.05, 4.69) is 0 Å². The minimum Gasteiger partial charge on any atom is -0.392 e. The second-order valence-corrected chi connectivity index (χ2v) is 5.18. The smallest absolute Gasteiger partial charge is 0.267 e. The van der Waals surface area contributed by atoms with Crippen molar-refractivity contribution in [2.75, 3.05) is 25.9 Å². The fourth-order valence-electron chi connectivity index (χ4n) is 1.22. The predicted octanol–water partition coefficient (Wildman–Crippen LogP) is -1.06. The SMILES string of the molecule is CCC(O)CN(C)CC(O)CS(=O)(=O)O. The maximum absolute atomic E-state index is 10.4. The Bertz CT molecular complexity index is 266. The van der Waals surface area contributed by atoms with Crippen molar-refractivity contribution in [3.05, 3.63) is 0 Å². The largest absolute Gasteiger partial charge is 0.392 e. The number of rotatable bonds is 7. The molecule has 3 N–H and O–H groups in total. The summed E-state index contributed by atoms with van der Waals surface area (Å²) in [6.45, 7) is 2.28. The maximum Gasteiger partial charge on any atom is 0.267 e. The van der Waals surface area contributed by atoms with Gasteiger partial charge in [-0.3, -0.25) is 4.55 Å². The molecule has 0 heterocycles. The quantitative estimate of drug-likeness (QED) is 0.491. The van der Waals surface area contributed by atoms with Crippen molar-refractivity contribution in [2.24, 2.45) is 0 Å². The highest BCUT2D eigenvalue weighted by molar-refractivity contribution is 7.85. The molecule has 0 amide bonds. The van der Waals surface area contributed by atoms with E-state index in [0.29, 0.717) is 13.0 Å². The van der Waals surface area contributed by atoms with Crippen LogP contribution in [0.4, 0.5) is 0 Å². The third kappa shape index (κ3) is 8.76. The van der Waals surface area contributed by atoms with Crippen LogP contribution in [0.2, 0.25) is 0 Å². The molecule has 0 bridgehead atoms. The zero-order valence-electron chi connectivity index (χ0n) is 9.00. The van der Waals surface area contributed by atoms with Gasteiger partial charge in [-0.15, -0.1) is 0 Å². The van der Waals surface area contributed by atoms with E-state index in [1.807, 2.05) is 6.92 Å². The highest BCUT2D eigenvalue weighted by atomic mass is 32.2. The Labute approximate surface area is 90.3 Å². The topological polar surface area (TPSA) is 98.1 Å². The molecule has 0 aliphatic rings. The lowest BCUT2D eigenvalue weighted by molar-refractivity contribution is 0.0892. The van der Waals surface area contributed by atoms with E-state index < -0.39 is 28.1 Å².